The van der Waals surface area contributed by atoms with Gasteiger partial charge in [-0.05, 0) is 37.4 Å². The first-order valence-corrected chi connectivity index (χ1v) is 11.6. The molecule has 0 spiro atoms. The van der Waals surface area contributed by atoms with Gasteiger partial charge in [0, 0.05) is 18.0 Å². The predicted molar refractivity (Wildman–Crippen MR) is 123 cm³/mol. The molecule has 1 heterocycles. The highest BCUT2D eigenvalue weighted by Crippen LogP contribution is 2.52. The molecule has 1 aliphatic heterocycles. The van der Waals surface area contributed by atoms with Crippen LogP contribution in [-0.2, 0) is 0 Å². The summed E-state index contributed by atoms with van der Waals surface area (Å²) in [5.41, 5.74) is 2.04. The molecule has 1 fully saturated rings. The maximum absolute atomic E-state index is 12.1. The van der Waals surface area contributed by atoms with Crippen LogP contribution in [0.1, 0.15) is 88.4 Å². The molecule has 0 saturated carbocycles. The monoisotopic (exact) mass is 393 g/mol. The van der Waals surface area contributed by atoms with E-state index < -0.39 is 5.60 Å². The summed E-state index contributed by atoms with van der Waals surface area (Å²) in [7, 11) is 2.27. The highest BCUT2D eigenvalue weighted by molar-refractivity contribution is 5.27. The zero-order valence-corrected chi connectivity index (χ0v) is 18.6. The molecule has 0 amide bonds. The number of benzene rings is 2. The molecule has 2 nitrogen and oxygen atoms in total. The lowest BCUT2D eigenvalue weighted by Crippen LogP contribution is -2.53. The third kappa shape index (κ3) is 5.10. The Labute approximate surface area is 178 Å². The van der Waals surface area contributed by atoms with Crippen LogP contribution in [0.2, 0.25) is 0 Å². The Hall–Kier alpha value is -1.64. The van der Waals surface area contributed by atoms with Crippen LogP contribution >= 0.6 is 0 Å². The van der Waals surface area contributed by atoms with Gasteiger partial charge < -0.3 is 5.11 Å². The Morgan fingerprint density at radius 2 is 1.45 bits per heavy atom. The third-order valence-electron chi connectivity index (χ3n) is 6.96. The van der Waals surface area contributed by atoms with Gasteiger partial charge in [-0.1, -0.05) is 107 Å². The summed E-state index contributed by atoms with van der Waals surface area (Å²) in [5.74, 6) is 0.271. The second kappa shape index (κ2) is 10.4. The van der Waals surface area contributed by atoms with Gasteiger partial charge in [0.1, 0.15) is 0 Å². The average Bonchev–Trinajstić information content (AvgIpc) is 2.76. The van der Waals surface area contributed by atoms with Gasteiger partial charge in [-0.15, -0.1) is 0 Å². The summed E-state index contributed by atoms with van der Waals surface area (Å²) in [6.07, 6.45) is 8.71. The van der Waals surface area contributed by atoms with Crippen molar-refractivity contribution in [3.8, 4) is 0 Å². The van der Waals surface area contributed by atoms with E-state index in [2.05, 4.69) is 86.5 Å². The lowest BCUT2D eigenvalue weighted by molar-refractivity contribution is -0.129. The highest BCUT2D eigenvalue weighted by Gasteiger charge is 2.50. The standard InChI is InChI=1S/C27H39NO/c1-4-6-10-19-24-26(23-17-13-9-14-18-23)28(3)25(22-15-11-8-12-16-22)21-27(24,29)20-7-5-2/h8-9,11-18,24-26,29H,4-7,10,19-21H2,1-3H3. The quantitative estimate of drug-likeness (QED) is 0.467. The molecule has 1 N–H and O–H groups in total. The van der Waals surface area contributed by atoms with Crippen molar-refractivity contribution in [2.75, 3.05) is 7.05 Å². The van der Waals surface area contributed by atoms with E-state index in [0.29, 0.717) is 0 Å². The normalized spacial score (nSPS) is 27.8. The van der Waals surface area contributed by atoms with E-state index in [1.807, 2.05) is 0 Å². The van der Waals surface area contributed by atoms with Crippen molar-refractivity contribution in [2.24, 2.45) is 5.92 Å². The molecule has 2 aromatic carbocycles. The Balaban J connectivity index is 2.02. The zero-order valence-electron chi connectivity index (χ0n) is 18.6. The van der Waals surface area contributed by atoms with Crippen molar-refractivity contribution in [3.05, 3.63) is 71.8 Å². The van der Waals surface area contributed by atoms with Crippen molar-refractivity contribution in [1.29, 1.82) is 0 Å². The molecule has 29 heavy (non-hydrogen) atoms. The van der Waals surface area contributed by atoms with Gasteiger partial charge >= 0.3 is 0 Å². The fraction of sp³-hybridized carbons (Fsp3) is 0.556. The maximum Gasteiger partial charge on any atom is 0.0712 e. The van der Waals surface area contributed by atoms with E-state index >= 15 is 0 Å². The van der Waals surface area contributed by atoms with Crippen LogP contribution in [0.5, 0.6) is 0 Å². The van der Waals surface area contributed by atoms with E-state index in [1.54, 1.807) is 0 Å². The smallest absolute Gasteiger partial charge is 0.0712 e. The first-order chi connectivity index (χ1) is 14.1. The molecule has 2 aromatic rings. The van der Waals surface area contributed by atoms with E-state index in [9.17, 15) is 5.11 Å². The Bertz CT molecular complexity index is 716. The molecule has 2 heteroatoms. The molecule has 158 valence electrons. The largest absolute Gasteiger partial charge is 0.389 e. The SMILES string of the molecule is CCCCCC1C(c2ccccc2)N(C)C(c2ccccc2)CC1(O)CCCC. The number of hydrogen-bond donors (Lipinski definition) is 1. The van der Waals surface area contributed by atoms with Crippen molar-refractivity contribution in [2.45, 2.75) is 82.9 Å². The molecule has 0 aliphatic carbocycles. The summed E-state index contributed by atoms with van der Waals surface area (Å²) < 4.78 is 0. The molecule has 1 saturated heterocycles. The van der Waals surface area contributed by atoms with Crippen molar-refractivity contribution < 1.29 is 5.11 Å². The predicted octanol–water partition coefficient (Wildman–Crippen LogP) is 6.92. The maximum atomic E-state index is 12.1. The van der Waals surface area contributed by atoms with E-state index in [4.69, 9.17) is 0 Å². The minimum atomic E-state index is -0.614. The molecule has 0 radical (unpaired) electrons. The number of rotatable bonds is 9. The van der Waals surface area contributed by atoms with E-state index in [0.717, 1.165) is 32.1 Å². The van der Waals surface area contributed by atoms with Gasteiger partial charge in [0.2, 0.25) is 0 Å². The number of piperidine rings is 1. The number of nitrogens with zero attached hydrogens (tertiary/aromatic N) is 1. The van der Waals surface area contributed by atoms with Crippen LogP contribution in [-0.4, -0.2) is 22.7 Å². The van der Waals surface area contributed by atoms with E-state index in [1.165, 1.54) is 30.4 Å². The summed E-state index contributed by atoms with van der Waals surface area (Å²) in [5, 5.41) is 12.1. The summed E-state index contributed by atoms with van der Waals surface area (Å²) in [4.78, 5) is 2.54. The van der Waals surface area contributed by atoms with E-state index in [-0.39, 0.29) is 18.0 Å². The number of likely N-dealkylation sites (tertiary alicyclic amines) is 1. The number of unbranched alkanes of at least 4 members (excludes halogenated alkanes) is 3. The van der Waals surface area contributed by atoms with Gasteiger partial charge in [-0.25, -0.2) is 0 Å². The number of aliphatic hydroxyl groups is 1. The summed E-state index contributed by atoms with van der Waals surface area (Å²) in [6, 6.07) is 22.1. The van der Waals surface area contributed by atoms with Gasteiger partial charge in [-0.2, -0.15) is 0 Å². The molecule has 0 aromatic heterocycles. The minimum absolute atomic E-state index is 0.241. The minimum Gasteiger partial charge on any atom is -0.389 e. The van der Waals surface area contributed by atoms with Crippen LogP contribution in [0.25, 0.3) is 0 Å². The second-order valence-corrected chi connectivity index (χ2v) is 8.96. The molecule has 4 unspecified atom stereocenters. The van der Waals surface area contributed by atoms with Crippen molar-refractivity contribution in [3.63, 3.8) is 0 Å². The summed E-state index contributed by atoms with van der Waals surface area (Å²) >= 11 is 0. The van der Waals surface area contributed by atoms with Crippen LogP contribution < -0.4 is 0 Å². The fourth-order valence-corrected chi connectivity index (χ4v) is 5.36. The Morgan fingerprint density at radius 3 is 2.03 bits per heavy atom. The third-order valence-corrected chi connectivity index (χ3v) is 6.96. The van der Waals surface area contributed by atoms with Gasteiger partial charge in [0.15, 0.2) is 0 Å². The van der Waals surface area contributed by atoms with Crippen LogP contribution in [0.4, 0.5) is 0 Å². The van der Waals surface area contributed by atoms with Crippen LogP contribution in [0, 0.1) is 5.92 Å². The number of hydrogen-bond acceptors (Lipinski definition) is 2. The highest BCUT2D eigenvalue weighted by atomic mass is 16.3. The summed E-state index contributed by atoms with van der Waals surface area (Å²) in [6.45, 7) is 4.49. The molecular formula is C27H39NO. The molecule has 1 aliphatic rings. The lowest BCUT2D eigenvalue weighted by atomic mass is 9.66. The topological polar surface area (TPSA) is 23.5 Å². The molecule has 3 rings (SSSR count). The Morgan fingerprint density at radius 1 is 0.862 bits per heavy atom. The Kier molecular flexibility index (Phi) is 7.91. The fourth-order valence-electron chi connectivity index (χ4n) is 5.36. The van der Waals surface area contributed by atoms with Crippen LogP contribution in [0.15, 0.2) is 60.7 Å². The zero-order chi connectivity index (χ0) is 20.7. The van der Waals surface area contributed by atoms with Gasteiger partial charge in [0.05, 0.1) is 5.60 Å². The molecular weight excluding hydrogens is 354 g/mol. The van der Waals surface area contributed by atoms with Crippen molar-refractivity contribution >= 4 is 0 Å². The van der Waals surface area contributed by atoms with Gasteiger partial charge in [-0.3, -0.25) is 4.90 Å². The molecule has 4 atom stereocenters. The molecule has 0 bridgehead atoms. The van der Waals surface area contributed by atoms with Crippen molar-refractivity contribution in [1.82, 2.24) is 4.90 Å². The second-order valence-electron chi connectivity index (χ2n) is 8.96. The van der Waals surface area contributed by atoms with Gasteiger partial charge in [0.25, 0.3) is 0 Å². The average molecular weight is 394 g/mol. The first kappa shape index (κ1) is 22.1. The lowest BCUT2D eigenvalue weighted by Gasteiger charge is -2.54. The van der Waals surface area contributed by atoms with Crippen LogP contribution in [0.3, 0.4) is 0 Å². The first-order valence-electron chi connectivity index (χ1n) is 11.6.